The summed E-state index contributed by atoms with van der Waals surface area (Å²) in [6.07, 6.45) is 0.736. The lowest BCUT2D eigenvalue weighted by Crippen LogP contribution is -2.37. The summed E-state index contributed by atoms with van der Waals surface area (Å²) in [5.74, 6) is 0.185. The van der Waals surface area contributed by atoms with Crippen molar-refractivity contribution in [3.05, 3.63) is 22.9 Å². The van der Waals surface area contributed by atoms with Crippen molar-refractivity contribution in [3.63, 3.8) is 0 Å². The first-order valence-electron chi connectivity index (χ1n) is 3.13. The van der Waals surface area contributed by atoms with Crippen molar-refractivity contribution in [2.24, 2.45) is 0 Å². The van der Waals surface area contributed by atoms with Crippen molar-refractivity contribution in [2.75, 3.05) is 6.54 Å². The molecule has 0 saturated carbocycles. The highest BCUT2D eigenvalue weighted by atomic mass is 32.1. The minimum Gasteiger partial charge on any atom is -0.356 e. The Bertz CT molecular complexity index is 160. The number of nitrogens with one attached hydrogen (secondary N) is 1. The highest BCUT2D eigenvalue weighted by Crippen LogP contribution is 1.91. The number of β-lactam (4-membered cyclic amide) rings is 1. The van der Waals surface area contributed by atoms with Crippen LogP contribution in [0.4, 0.5) is 0 Å². The third kappa shape index (κ3) is 2.64. The van der Waals surface area contributed by atoms with E-state index in [2.05, 4.69) is 5.32 Å². The molecule has 2 heterocycles. The molecule has 0 bridgehead atoms. The summed E-state index contributed by atoms with van der Waals surface area (Å²) in [6.45, 7) is 0.888. The average Bonchev–Trinajstić information content (AvgIpc) is 2.38. The highest BCUT2D eigenvalue weighted by Gasteiger charge is 2.07. The van der Waals surface area contributed by atoms with Crippen molar-refractivity contribution in [1.82, 2.24) is 5.32 Å². The van der Waals surface area contributed by atoms with Crippen LogP contribution in [0, 0.1) is 0 Å². The SMILES string of the molecule is O=C1CCN1.c1ccsc1. The number of rotatable bonds is 0. The van der Waals surface area contributed by atoms with E-state index in [-0.39, 0.29) is 5.91 Å². The van der Waals surface area contributed by atoms with Gasteiger partial charge in [-0.25, -0.2) is 0 Å². The molecule has 0 unspecified atom stereocenters. The van der Waals surface area contributed by atoms with E-state index < -0.39 is 0 Å². The molecule has 2 rings (SSSR count). The molecule has 0 aromatic carbocycles. The lowest BCUT2D eigenvalue weighted by Gasteiger charge is -2.10. The van der Waals surface area contributed by atoms with E-state index in [1.54, 1.807) is 11.3 Å². The van der Waals surface area contributed by atoms with Crippen LogP contribution in [0.3, 0.4) is 0 Å². The maximum absolute atomic E-state index is 9.79. The Morgan fingerprint density at radius 1 is 1.40 bits per heavy atom. The lowest BCUT2D eigenvalue weighted by atomic mass is 10.3. The van der Waals surface area contributed by atoms with Gasteiger partial charge in [0.15, 0.2) is 0 Å². The van der Waals surface area contributed by atoms with Gasteiger partial charge in [-0.2, -0.15) is 11.3 Å². The second-order valence-electron chi connectivity index (χ2n) is 1.89. The molecule has 10 heavy (non-hydrogen) atoms. The van der Waals surface area contributed by atoms with Gasteiger partial charge in [-0.3, -0.25) is 4.79 Å². The molecule has 1 aliphatic heterocycles. The molecule has 1 fully saturated rings. The summed E-state index contributed by atoms with van der Waals surface area (Å²) in [7, 11) is 0. The Hall–Kier alpha value is -0.830. The van der Waals surface area contributed by atoms with Crippen LogP contribution in [0.25, 0.3) is 0 Å². The largest absolute Gasteiger partial charge is 0.356 e. The Labute approximate surface area is 63.9 Å². The molecule has 0 radical (unpaired) electrons. The van der Waals surface area contributed by atoms with Crippen molar-refractivity contribution >= 4 is 17.2 Å². The zero-order valence-corrected chi connectivity index (χ0v) is 6.36. The van der Waals surface area contributed by atoms with Gasteiger partial charge in [0.25, 0.3) is 0 Å². The molecule has 1 saturated heterocycles. The molecular formula is C7H9NOS. The zero-order valence-electron chi connectivity index (χ0n) is 5.54. The van der Waals surface area contributed by atoms with Gasteiger partial charge in [0, 0.05) is 13.0 Å². The minimum atomic E-state index is 0.185. The van der Waals surface area contributed by atoms with E-state index in [9.17, 15) is 4.79 Å². The van der Waals surface area contributed by atoms with Gasteiger partial charge in [0.2, 0.25) is 5.91 Å². The fraction of sp³-hybridized carbons (Fsp3) is 0.286. The summed E-state index contributed by atoms with van der Waals surface area (Å²) in [6, 6.07) is 4.04. The number of carbonyl (C=O) groups excluding carboxylic acids is 1. The molecule has 1 aliphatic rings. The number of thiophene rings is 1. The molecule has 0 aliphatic carbocycles. The molecule has 1 amide bonds. The van der Waals surface area contributed by atoms with Crippen molar-refractivity contribution < 1.29 is 4.79 Å². The van der Waals surface area contributed by atoms with E-state index in [0.29, 0.717) is 0 Å². The normalized spacial score (nSPS) is 14.2. The summed E-state index contributed by atoms with van der Waals surface area (Å²) < 4.78 is 0. The van der Waals surface area contributed by atoms with Crippen molar-refractivity contribution in [1.29, 1.82) is 0 Å². The number of hydrogen-bond donors (Lipinski definition) is 1. The molecule has 54 valence electrons. The van der Waals surface area contributed by atoms with Crippen LogP contribution in [0.15, 0.2) is 22.9 Å². The second-order valence-corrected chi connectivity index (χ2v) is 2.71. The summed E-state index contributed by atoms with van der Waals surface area (Å²) in [4.78, 5) is 9.79. The molecular weight excluding hydrogens is 146 g/mol. The first kappa shape index (κ1) is 7.28. The molecule has 1 aromatic rings. The monoisotopic (exact) mass is 155 g/mol. The van der Waals surface area contributed by atoms with Crippen LogP contribution in [0.2, 0.25) is 0 Å². The van der Waals surface area contributed by atoms with Crippen LogP contribution in [-0.2, 0) is 4.79 Å². The standard InChI is InChI=1S/C4H4S.C3H5NO/c1-2-4-5-3-1;5-3-1-2-4-3/h1-4H;1-2H2,(H,4,5). The number of hydrogen-bond acceptors (Lipinski definition) is 2. The molecule has 0 spiro atoms. The van der Waals surface area contributed by atoms with Gasteiger partial charge in [0.05, 0.1) is 0 Å². The average molecular weight is 155 g/mol. The summed E-state index contributed by atoms with van der Waals surface area (Å²) in [5.41, 5.74) is 0. The van der Waals surface area contributed by atoms with E-state index in [4.69, 9.17) is 0 Å². The topological polar surface area (TPSA) is 29.1 Å². The van der Waals surface area contributed by atoms with Gasteiger partial charge in [0.1, 0.15) is 0 Å². The van der Waals surface area contributed by atoms with Crippen LogP contribution in [0.5, 0.6) is 0 Å². The molecule has 1 N–H and O–H groups in total. The van der Waals surface area contributed by atoms with E-state index in [1.165, 1.54) is 0 Å². The maximum atomic E-state index is 9.79. The van der Waals surface area contributed by atoms with Gasteiger partial charge >= 0.3 is 0 Å². The zero-order chi connectivity index (χ0) is 7.23. The van der Waals surface area contributed by atoms with Crippen molar-refractivity contribution in [2.45, 2.75) is 6.42 Å². The first-order chi connectivity index (χ1) is 4.89. The second kappa shape index (κ2) is 4.06. The summed E-state index contributed by atoms with van der Waals surface area (Å²) in [5, 5.41) is 6.65. The summed E-state index contributed by atoms with van der Waals surface area (Å²) >= 11 is 1.71. The quantitative estimate of drug-likeness (QED) is 0.561. The third-order valence-corrected chi connectivity index (χ3v) is 1.73. The maximum Gasteiger partial charge on any atom is 0.221 e. The lowest BCUT2D eigenvalue weighted by molar-refractivity contribution is -0.125. The predicted molar refractivity (Wildman–Crippen MR) is 41.9 cm³/mol. The molecule has 3 heteroatoms. The van der Waals surface area contributed by atoms with E-state index >= 15 is 0 Å². The smallest absolute Gasteiger partial charge is 0.221 e. The Morgan fingerprint density at radius 2 is 1.90 bits per heavy atom. The minimum absolute atomic E-state index is 0.185. The predicted octanol–water partition coefficient (Wildman–Crippen LogP) is 1.25. The Morgan fingerprint density at radius 3 is 2.00 bits per heavy atom. The third-order valence-electron chi connectivity index (χ3n) is 1.10. The van der Waals surface area contributed by atoms with Crippen LogP contribution < -0.4 is 5.32 Å². The fourth-order valence-electron chi connectivity index (χ4n) is 0.454. The van der Waals surface area contributed by atoms with Crippen molar-refractivity contribution in [3.8, 4) is 0 Å². The van der Waals surface area contributed by atoms with Crippen LogP contribution in [0.1, 0.15) is 6.42 Å². The van der Waals surface area contributed by atoms with Crippen LogP contribution >= 0.6 is 11.3 Å². The van der Waals surface area contributed by atoms with E-state index in [1.807, 2.05) is 22.9 Å². The molecule has 0 atom stereocenters. The van der Waals surface area contributed by atoms with Gasteiger partial charge in [-0.15, -0.1) is 0 Å². The first-order valence-corrected chi connectivity index (χ1v) is 4.08. The Balaban J connectivity index is 0.0000001000. The fourth-order valence-corrected chi connectivity index (χ4v) is 0.907. The number of carbonyl (C=O) groups is 1. The molecule has 2 nitrogen and oxygen atoms in total. The van der Waals surface area contributed by atoms with Gasteiger partial charge < -0.3 is 5.32 Å². The van der Waals surface area contributed by atoms with E-state index in [0.717, 1.165) is 13.0 Å². The highest BCUT2D eigenvalue weighted by molar-refractivity contribution is 7.07. The van der Waals surface area contributed by atoms with Gasteiger partial charge in [-0.05, 0) is 10.8 Å². The van der Waals surface area contributed by atoms with Crippen LogP contribution in [-0.4, -0.2) is 12.5 Å². The Kier molecular flexibility index (Phi) is 2.96. The molecule has 1 aromatic heterocycles. The number of amides is 1. The van der Waals surface area contributed by atoms with Gasteiger partial charge in [-0.1, -0.05) is 12.1 Å².